The summed E-state index contributed by atoms with van der Waals surface area (Å²) in [6.07, 6.45) is 0.974. The van der Waals surface area contributed by atoms with Crippen LogP contribution in [0.3, 0.4) is 0 Å². The Morgan fingerprint density at radius 2 is 2.44 bits per heavy atom. The van der Waals surface area contributed by atoms with Gasteiger partial charge in [0.2, 0.25) is 0 Å². The van der Waals surface area contributed by atoms with Gasteiger partial charge in [0.1, 0.15) is 6.61 Å². The van der Waals surface area contributed by atoms with Gasteiger partial charge >= 0.3 is 12.1 Å². The van der Waals surface area contributed by atoms with Crippen molar-refractivity contribution in [3.8, 4) is 0 Å². The Labute approximate surface area is 92.4 Å². The molecule has 2 heterocycles. The van der Waals surface area contributed by atoms with Crippen LogP contribution in [0, 0.1) is 0 Å². The van der Waals surface area contributed by atoms with Gasteiger partial charge in [0, 0.05) is 6.42 Å². The number of carboxylic acids is 1. The number of nitrogens with zero attached hydrogens (tertiary/aromatic N) is 1. The number of morpholine rings is 1. The molecule has 1 N–H and O–H groups in total. The van der Waals surface area contributed by atoms with Gasteiger partial charge in [-0.15, -0.1) is 0 Å². The molecule has 2 saturated heterocycles. The lowest BCUT2D eigenvalue weighted by Crippen LogP contribution is -2.56. The number of ether oxygens (including phenoxy) is 2. The minimum absolute atomic E-state index is 0.0379. The molecular weight excluding hydrogens is 214 g/mol. The molecule has 2 unspecified atom stereocenters. The molecule has 16 heavy (non-hydrogen) atoms. The van der Waals surface area contributed by atoms with Crippen LogP contribution in [-0.2, 0) is 14.3 Å². The standard InChI is InChI=1S/C10H13NO5/c1-2-3-15-9(14)11-5-7-4-10(11,6-16-7)8(12)13/h2,7H,1,3-6H2,(H,12,13). The third-order valence-electron chi connectivity index (χ3n) is 2.97. The number of carbonyl (C=O) groups excluding carboxylic acids is 1. The van der Waals surface area contributed by atoms with Crippen molar-refractivity contribution in [2.24, 2.45) is 0 Å². The Hall–Kier alpha value is -1.56. The summed E-state index contributed by atoms with van der Waals surface area (Å²) in [5.74, 6) is -1.04. The molecule has 2 bridgehead atoms. The van der Waals surface area contributed by atoms with Crippen molar-refractivity contribution in [2.45, 2.75) is 18.1 Å². The summed E-state index contributed by atoms with van der Waals surface area (Å²) in [7, 11) is 0. The Balaban J connectivity index is 2.13. The first-order valence-corrected chi connectivity index (χ1v) is 5.00. The van der Waals surface area contributed by atoms with Gasteiger partial charge in [-0.25, -0.2) is 9.59 Å². The van der Waals surface area contributed by atoms with Crippen LogP contribution in [-0.4, -0.2) is 53.5 Å². The van der Waals surface area contributed by atoms with Crippen molar-refractivity contribution < 1.29 is 24.2 Å². The van der Waals surface area contributed by atoms with E-state index < -0.39 is 17.6 Å². The second-order valence-corrected chi connectivity index (χ2v) is 3.95. The molecule has 0 aromatic heterocycles. The number of rotatable bonds is 3. The molecule has 2 fully saturated rings. The van der Waals surface area contributed by atoms with Crippen LogP contribution in [0.15, 0.2) is 12.7 Å². The maximum Gasteiger partial charge on any atom is 0.411 e. The molecule has 6 heteroatoms. The number of carbonyl (C=O) groups is 2. The molecule has 1 amide bonds. The lowest BCUT2D eigenvalue weighted by atomic mass is 10.00. The minimum atomic E-state index is -1.23. The number of hydrogen-bond donors (Lipinski definition) is 1. The number of hydrogen-bond acceptors (Lipinski definition) is 4. The second-order valence-electron chi connectivity index (χ2n) is 3.95. The molecule has 0 spiro atoms. The minimum Gasteiger partial charge on any atom is -0.479 e. The highest BCUT2D eigenvalue weighted by atomic mass is 16.6. The van der Waals surface area contributed by atoms with Crippen LogP contribution in [0.25, 0.3) is 0 Å². The smallest absolute Gasteiger partial charge is 0.411 e. The molecule has 88 valence electrons. The lowest BCUT2D eigenvalue weighted by Gasteiger charge is -2.33. The van der Waals surface area contributed by atoms with Gasteiger partial charge in [-0.1, -0.05) is 12.7 Å². The molecule has 6 nitrogen and oxygen atoms in total. The topological polar surface area (TPSA) is 76.1 Å². The first-order valence-electron chi connectivity index (χ1n) is 5.00. The molecule has 0 aromatic rings. The van der Waals surface area contributed by atoms with E-state index in [-0.39, 0.29) is 25.9 Å². The highest BCUT2D eigenvalue weighted by Gasteiger charge is 2.59. The molecule has 2 rings (SSSR count). The van der Waals surface area contributed by atoms with Crippen LogP contribution >= 0.6 is 0 Å². The van der Waals surface area contributed by atoms with E-state index in [0.29, 0.717) is 6.42 Å². The van der Waals surface area contributed by atoms with Gasteiger partial charge < -0.3 is 14.6 Å². The van der Waals surface area contributed by atoms with Gasteiger partial charge in [-0.3, -0.25) is 4.90 Å². The van der Waals surface area contributed by atoms with E-state index in [1.165, 1.54) is 11.0 Å². The summed E-state index contributed by atoms with van der Waals surface area (Å²) in [6, 6.07) is 0. The number of aliphatic carboxylic acids is 1. The predicted octanol–water partition coefficient (Wildman–Crippen LogP) is 0.237. The van der Waals surface area contributed by atoms with Crippen LogP contribution < -0.4 is 0 Å². The van der Waals surface area contributed by atoms with Crippen molar-refractivity contribution in [3.05, 3.63) is 12.7 Å². The zero-order chi connectivity index (χ0) is 11.8. The van der Waals surface area contributed by atoms with Gasteiger partial charge in [0.05, 0.1) is 19.3 Å². The fourth-order valence-electron chi connectivity index (χ4n) is 2.16. The van der Waals surface area contributed by atoms with Crippen molar-refractivity contribution in [1.82, 2.24) is 4.90 Å². The van der Waals surface area contributed by atoms with E-state index in [4.69, 9.17) is 9.47 Å². The van der Waals surface area contributed by atoms with E-state index in [2.05, 4.69) is 6.58 Å². The van der Waals surface area contributed by atoms with Crippen molar-refractivity contribution >= 4 is 12.1 Å². The van der Waals surface area contributed by atoms with Gasteiger partial charge in [-0.2, -0.15) is 0 Å². The van der Waals surface area contributed by atoms with Crippen molar-refractivity contribution in [3.63, 3.8) is 0 Å². The van der Waals surface area contributed by atoms with Gasteiger partial charge in [0.15, 0.2) is 5.54 Å². The Bertz CT molecular complexity index is 342. The van der Waals surface area contributed by atoms with Crippen LogP contribution in [0.1, 0.15) is 6.42 Å². The van der Waals surface area contributed by atoms with E-state index in [1.807, 2.05) is 0 Å². The number of carboxylic acid groups (broad SMARTS) is 1. The highest BCUT2D eigenvalue weighted by molar-refractivity contribution is 5.86. The number of likely N-dealkylation sites (tertiary alicyclic amines) is 1. The zero-order valence-electron chi connectivity index (χ0n) is 8.72. The summed E-state index contributed by atoms with van der Waals surface area (Å²) in [6.45, 7) is 3.82. The molecule has 0 saturated carbocycles. The summed E-state index contributed by atoms with van der Waals surface area (Å²) >= 11 is 0. The molecule has 2 aliphatic rings. The first kappa shape index (κ1) is 10.9. The summed E-state index contributed by atoms with van der Waals surface area (Å²) in [5, 5.41) is 9.19. The normalized spacial score (nSPS) is 31.5. The Kier molecular flexibility index (Phi) is 2.59. The third kappa shape index (κ3) is 1.46. The second kappa shape index (κ2) is 3.79. The number of amides is 1. The van der Waals surface area contributed by atoms with Crippen LogP contribution in [0.2, 0.25) is 0 Å². The SMILES string of the molecule is C=CCOC(=O)N1CC2CC1(C(=O)O)CO2. The van der Waals surface area contributed by atoms with E-state index >= 15 is 0 Å². The third-order valence-corrected chi connectivity index (χ3v) is 2.97. The average molecular weight is 227 g/mol. The fraction of sp³-hybridized carbons (Fsp3) is 0.600. The zero-order valence-corrected chi connectivity index (χ0v) is 8.72. The summed E-state index contributed by atoms with van der Waals surface area (Å²) in [5.41, 5.74) is -1.23. The maximum atomic E-state index is 11.6. The van der Waals surface area contributed by atoms with E-state index in [1.54, 1.807) is 0 Å². The molecule has 0 aromatic carbocycles. The van der Waals surface area contributed by atoms with Crippen LogP contribution in [0.5, 0.6) is 0 Å². The summed E-state index contributed by atoms with van der Waals surface area (Å²) in [4.78, 5) is 24.1. The molecule has 2 atom stereocenters. The lowest BCUT2D eigenvalue weighted by molar-refractivity contribution is -0.151. The van der Waals surface area contributed by atoms with E-state index in [0.717, 1.165) is 0 Å². The van der Waals surface area contributed by atoms with Crippen molar-refractivity contribution in [2.75, 3.05) is 19.8 Å². The predicted molar refractivity (Wildman–Crippen MR) is 53.0 cm³/mol. The van der Waals surface area contributed by atoms with Crippen LogP contribution in [0.4, 0.5) is 4.79 Å². The summed E-state index contributed by atoms with van der Waals surface area (Å²) < 4.78 is 10.1. The molecule has 0 radical (unpaired) electrons. The maximum absolute atomic E-state index is 11.6. The largest absolute Gasteiger partial charge is 0.479 e. The quantitative estimate of drug-likeness (QED) is 0.699. The number of fused-ring (bicyclic) bond motifs is 2. The monoisotopic (exact) mass is 227 g/mol. The van der Waals surface area contributed by atoms with E-state index in [9.17, 15) is 14.7 Å². The van der Waals surface area contributed by atoms with Crippen molar-refractivity contribution in [1.29, 1.82) is 0 Å². The highest BCUT2D eigenvalue weighted by Crippen LogP contribution is 2.38. The first-order chi connectivity index (χ1) is 7.60. The Morgan fingerprint density at radius 1 is 1.69 bits per heavy atom. The average Bonchev–Trinajstić information content (AvgIpc) is 2.84. The molecular formula is C10H13NO5. The van der Waals surface area contributed by atoms with Gasteiger partial charge in [0.25, 0.3) is 0 Å². The fourth-order valence-corrected chi connectivity index (χ4v) is 2.16. The molecule has 0 aliphatic carbocycles. The van der Waals surface area contributed by atoms with Gasteiger partial charge in [-0.05, 0) is 0 Å². The molecule has 2 aliphatic heterocycles. The Morgan fingerprint density at radius 3 is 3.00 bits per heavy atom.